The SMILES string of the molecule is CN(C)c1cnnc(N2CCN(C(=O)COc3ccc(-n4cccn4)nn3)CC2)c1. The Morgan fingerprint density at radius 1 is 1.10 bits per heavy atom. The number of piperazine rings is 1. The first-order valence-electron chi connectivity index (χ1n) is 9.59. The van der Waals surface area contributed by atoms with Gasteiger partial charge in [-0.2, -0.15) is 10.2 Å². The summed E-state index contributed by atoms with van der Waals surface area (Å²) in [6.45, 7) is 2.50. The zero-order chi connectivity index (χ0) is 20.9. The molecule has 1 amide bonds. The zero-order valence-corrected chi connectivity index (χ0v) is 16.9. The average molecular weight is 409 g/mol. The molecule has 156 valence electrons. The minimum absolute atomic E-state index is 0.0777. The molecule has 4 heterocycles. The maximum absolute atomic E-state index is 12.5. The molecule has 30 heavy (non-hydrogen) atoms. The standard InChI is InChI=1S/C19H23N9O2/c1-25(2)15-12-17(22-20-13-15)26-8-10-27(11-9-26)19(29)14-30-18-5-4-16(23-24-18)28-7-3-6-21-28/h3-7,12-13H,8-11,14H2,1-2H3. The van der Waals surface area contributed by atoms with Gasteiger partial charge in [0.05, 0.1) is 11.9 Å². The Bertz CT molecular complexity index is 968. The molecule has 1 saturated heterocycles. The molecule has 11 heteroatoms. The van der Waals surface area contributed by atoms with E-state index in [9.17, 15) is 4.79 Å². The highest BCUT2D eigenvalue weighted by Crippen LogP contribution is 2.18. The van der Waals surface area contributed by atoms with Crippen molar-refractivity contribution in [2.24, 2.45) is 0 Å². The number of carbonyl (C=O) groups excluding carboxylic acids is 1. The van der Waals surface area contributed by atoms with Crippen molar-refractivity contribution in [2.75, 3.05) is 56.7 Å². The Labute approximate surface area is 173 Å². The molecular weight excluding hydrogens is 386 g/mol. The fraction of sp³-hybridized carbons (Fsp3) is 0.368. The largest absolute Gasteiger partial charge is 0.466 e. The van der Waals surface area contributed by atoms with Crippen LogP contribution in [-0.2, 0) is 4.79 Å². The van der Waals surface area contributed by atoms with Crippen molar-refractivity contribution in [1.29, 1.82) is 0 Å². The van der Waals surface area contributed by atoms with Crippen molar-refractivity contribution in [2.45, 2.75) is 0 Å². The molecule has 0 bridgehead atoms. The van der Waals surface area contributed by atoms with Crippen LogP contribution in [0.3, 0.4) is 0 Å². The smallest absolute Gasteiger partial charge is 0.260 e. The molecule has 0 aliphatic carbocycles. The predicted molar refractivity (Wildman–Crippen MR) is 110 cm³/mol. The van der Waals surface area contributed by atoms with Crippen LogP contribution in [0.2, 0.25) is 0 Å². The van der Waals surface area contributed by atoms with Crippen LogP contribution >= 0.6 is 0 Å². The van der Waals surface area contributed by atoms with E-state index in [1.165, 1.54) is 0 Å². The first-order chi connectivity index (χ1) is 14.6. The summed E-state index contributed by atoms with van der Waals surface area (Å²) in [7, 11) is 3.93. The van der Waals surface area contributed by atoms with Gasteiger partial charge in [-0.15, -0.1) is 15.3 Å². The molecule has 0 saturated carbocycles. The second-order valence-corrected chi connectivity index (χ2v) is 7.00. The summed E-state index contributed by atoms with van der Waals surface area (Å²) in [6, 6.07) is 7.21. The summed E-state index contributed by atoms with van der Waals surface area (Å²) in [5.41, 5.74) is 0.992. The van der Waals surface area contributed by atoms with Crippen LogP contribution in [0.1, 0.15) is 0 Å². The third-order valence-electron chi connectivity index (χ3n) is 4.81. The molecule has 1 aliphatic heterocycles. The van der Waals surface area contributed by atoms with Gasteiger partial charge in [0.25, 0.3) is 5.91 Å². The van der Waals surface area contributed by atoms with Crippen LogP contribution in [0.25, 0.3) is 5.82 Å². The number of anilines is 2. The van der Waals surface area contributed by atoms with E-state index in [0.29, 0.717) is 37.9 Å². The van der Waals surface area contributed by atoms with E-state index in [1.807, 2.05) is 25.1 Å². The highest BCUT2D eigenvalue weighted by Gasteiger charge is 2.23. The molecular formula is C19H23N9O2. The first kappa shape index (κ1) is 19.6. The Balaban J connectivity index is 1.27. The summed E-state index contributed by atoms with van der Waals surface area (Å²) in [5, 5.41) is 20.4. The van der Waals surface area contributed by atoms with Gasteiger partial charge in [-0.3, -0.25) is 4.79 Å². The molecule has 0 radical (unpaired) electrons. The summed E-state index contributed by atoms with van der Waals surface area (Å²) < 4.78 is 7.11. The van der Waals surface area contributed by atoms with Crippen molar-refractivity contribution in [1.82, 2.24) is 35.1 Å². The van der Waals surface area contributed by atoms with Gasteiger partial charge in [0.1, 0.15) is 0 Å². The lowest BCUT2D eigenvalue weighted by Gasteiger charge is -2.35. The molecule has 1 aliphatic rings. The Hall–Kier alpha value is -3.76. The first-order valence-corrected chi connectivity index (χ1v) is 9.59. The van der Waals surface area contributed by atoms with Gasteiger partial charge in [0.2, 0.25) is 5.88 Å². The van der Waals surface area contributed by atoms with E-state index in [4.69, 9.17) is 4.74 Å². The third-order valence-corrected chi connectivity index (χ3v) is 4.81. The van der Waals surface area contributed by atoms with E-state index in [-0.39, 0.29) is 12.5 Å². The summed E-state index contributed by atoms with van der Waals surface area (Å²) >= 11 is 0. The molecule has 11 nitrogen and oxygen atoms in total. The molecule has 1 fully saturated rings. The molecule has 4 rings (SSSR count). The minimum atomic E-state index is -0.0827. The summed E-state index contributed by atoms with van der Waals surface area (Å²) in [4.78, 5) is 18.4. The Morgan fingerprint density at radius 3 is 2.60 bits per heavy atom. The van der Waals surface area contributed by atoms with Crippen molar-refractivity contribution in [3.63, 3.8) is 0 Å². The number of rotatable bonds is 6. The van der Waals surface area contributed by atoms with Crippen LogP contribution < -0.4 is 14.5 Å². The van der Waals surface area contributed by atoms with E-state index in [0.717, 1.165) is 11.5 Å². The van der Waals surface area contributed by atoms with Crippen LogP contribution in [0, 0.1) is 0 Å². The zero-order valence-electron chi connectivity index (χ0n) is 16.9. The lowest BCUT2D eigenvalue weighted by molar-refractivity contribution is -0.133. The number of ether oxygens (including phenoxy) is 1. The summed E-state index contributed by atoms with van der Waals surface area (Å²) in [5.74, 6) is 1.61. The second-order valence-electron chi connectivity index (χ2n) is 7.00. The second kappa shape index (κ2) is 8.72. The van der Waals surface area contributed by atoms with Crippen molar-refractivity contribution >= 4 is 17.4 Å². The number of hydrogen-bond acceptors (Lipinski definition) is 9. The van der Waals surface area contributed by atoms with E-state index in [2.05, 4.69) is 30.4 Å². The van der Waals surface area contributed by atoms with Gasteiger partial charge >= 0.3 is 0 Å². The van der Waals surface area contributed by atoms with Gasteiger partial charge in [0, 0.05) is 64.8 Å². The highest BCUT2D eigenvalue weighted by atomic mass is 16.5. The van der Waals surface area contributed by atoms with E-state index in [1.54, 1.807) is 46.4 Å². The molecule has 3 aromatic heterocycles. The quantitative estimate of drug-likeness (QED) is 0.566. The van der Waals surface area contributed by atoms with E-state index < -0.39 is 0 Å². The molecule has 0 spiro atoms. The highest BCUT2D eigenvalue weighted by molar-refractivity contribution is 5.78. The van der Waals surface area contributed by atoms with E-state index >= 15 is 0 Å². The third kappa shape index (κ3) is 4.45. The molecule has 0 unspecified atom stereocenters. The minimum Gasteiger partial charge on any atom is -0.466 e. The van der Waals surface area contributed by atoms with Gasteiger partial charge in [-0.05, 0) is 12.1 Å². The van der Waals surface area contributed by atoms with Crippen LogP contribution in [0.5, 0.6) is 5.88 Å². The monoisotopic (exact) mass is 409 g/mol. The predicted octanol–water partition coefficient (Wildman–Crippen LogP) is 0.246. The van der Waals surface area contributed by atoms with Gasteiger partial charge in [0.15, 0.2) is 18.2 Å². The number of nitrogens with zero attached hydrogens (tertiary/aromatic N) is 9. The Morgan fingerprint density at radius 2 is 1.93 bits per heavy atom. The maximum Gasteiger partial charge on any atom is 0.260 e. The Kier molecular flexibility index (Phi) is 5.68. The van der Waals surface area contributed by atoms with Crippen molar-refractivity contribution < 1.29 is 9.53 Å². The van der Waals surface area contributed by atoms with Gasteiger partial charge < -0.3 is 19.4 Å². The van der Waals surface area contributed by atoms with Crippen LogP contribution in [-0.4, -0.2) is 87.9 Å². The topological polar surface area (TPSA) is 105 Å². The summed E-state index contributed by atoms with van der Waals surface area (Å²) in [6.07, 6.45) is 5.16. The fourth-order valence-corrected chi connectivity index (χ4v) is 3.07. The van der Waals surface area contributed by atoms with Crippen molar-refractivity contribution in [3.8, 4) is 11.7 Å². The van der Waals surface area contributed by atoms with Crippen molar-refractivity contribution in [3.05, 3.63) is 42.9 Å². The fourth-order valence-electron chi connectivity index (χ4n) is 3.07. The molecule has 3 aromatic rings. The lowest BCUT2D eigenvalue weighted by Crippen LogP contribution is -2.50. The number of amides is 1. The number of hydrogen-bond donors (Lipinski definition) is 0. The van der Waals surface area contributed by atoms with Crippen LogP contribution in [0.4, 0.5) is 11.5 Å². The average Bonchev–Trinajstić information content (AvgIpc) is 3.33. The molecule has 0 N–H and O–H groups in total. The number of carbonyl (C=O) groups is 1. The molecule has 0 atom stereocenters. The number of aromatic nitrogens is 6. The van der Waals surface area contributed by atoms with Gasteiger partial charge in [-0.25, -0.2) is 4.68 Å². The normalized spacial score (nSPS) is 13.9. The van der Waals surface area contributed by atoms with Crippen LogP contribution in [0.15, 0.2) is 42.9 Å². The van der Waals surface area contributed by atoms with Gasteiger partial charge in [-0.1, -0.05) is 0 Å². The molecule has 0 aromatic carbocycles. The maximum atomic E-state index is 12.5. The lowest BCUT2D eigenvalue weighted by atomic mass is 10.3.